The van der Waals surface area contributed by atoms with Crippen LogP contribution in [0.1, 0.15) is 20.8 Å². The highest BCUT2D eigenvalue weighted by Gasteiger charge is 2.52. The lowest BCUT2D eigenvalue weighted by Crippen LogP contribution is -2.69. The molecule has 0 unspecified atom stereocenters. The normalized spacial score (nSPS) is 32.2. The van der Waals surface area contributed by atoms with Gasteiger partial charge in [0.1, 0.15) is 30.1 Å². The maximum absolute atomic E-state index is 11.6. The summed E-state index contributed by atoms with van der Waals surface area (Å²) in [6.45, 7) is 4.90. The fraction of sp³-hybridized carbons (Fsp3) is 0.588. The fourth-order valence-electron chi connectivity index (χ4n) is 3.14. The number of non-ortho nitro benzene ring substituents is 1. The standard InChI is InChI=1S/C17H22N2O8/c1-9(20)18-13-14(21)15-12(8-24-17(2,3)27-15)26-16(13)25-11-6-4-5-10(7-11)19(22)23/h4-7,12-16,21H,8H2,1-3H3,(H,18,20)/t12-,13+,14+,15-,16-/m1/s1. The average molecular weight is 382 g/mol. The number of nitrogens with zero attached hydrogens (tertiary/aromatic N) is 1. The molecule has 5 atom stereocenters. The first-order valence-corrected chi connectivity index (χ1v) is 8.50. The van der Waals surface area contributed by atoms with E-state index in [0.717, 1.165) is 0 Å². The van der Waals surface area contributed by atoms with Gasteiger partial charge in [0.05, 0.1) is 17.6 Å². The third kappa shape index (κ3) is 4.35. The number of hydrogen-bond acceptors (Lipinski definition) is 8. The molecule has 1 aromatic carbocycles. The molecule has 10 nitrogen and oxygen atoms in total. The van der Waals surface area contributed by atoms with Gasteiger partial charge in [-0.25, -0.2) is 0 Å². The summed E-state index contributed by atoms with van der Waals surface area (Å²) in [5, 5.41) is 24.3. The second-order valence-corrected chi connectivity index (χ2v) is 6.93. The molecule has 27 heavy (non-hydrogen) atoms. The van der Waals surface area contributed by atoms with Crippen molar-refractivity contribution in [1.82, 2.24) is 5.32 Å². The number of carbonyl (C=O) groups excluding carboxylic acids is 1. The number of aliphatic hydroxyl groups is 1. The van der Waals surface area contributed by atoms with Crippen LogP contribution in [-0.2, 0) is 19.0 Å². The first kappa shape index (κ1) is 19.5. The fourth-order valence-corrected chi connectivity index (χ4v) is 3.14. The largest absolute Gasteiger partial charge is 0.462 e. The molecule has 1 aromatic rings. The molecule has 2 fully saturated rings. The molecule has 0 radical (unpaired) electrons. The molecular weight excluding hydrogens is 360 g/mol. The molecule has 2 heterocycles. The minimum atomic E-state index is -1.13. The molecule has 2 saturated heterocycles. The molecule has 1 amide bonds. The van der Waals surface area contributed by atoms with Gasteiger partial charge >= 0.3 is 0 Å². The first-order valence-electron chi connectivity index (χ1n) is 8.50. The number of nitro benzene ring substituents is 1. The summed E-state index contributed by atoms with van der Waals surface area (Å²) in [7, 11) is 0. The number of hydrogen-bond donors (Lipinski definition) is 2. The molecule has 148 valence electrons. The summed E-state index contributed by atoms with van der Waals surface area (Å²) >= 11 is 0. The molecule has 0 bridgehead atoms. The zero-order valence-corrected chi connectivity index (χ0v) is 15.2. The summed E-state index contributed by atoms with van der Waals surface area (Å²) in [4.78, 5) is 22.0. The SMILES string of the molecule is CC(=O)N[C@@H]1[C@H](Oc2cccc([N+](=O)[O-])c2)O[C@@H]2COC(C)(C)O[C@H]2[C@H]1O. The predicted octanol–water partition coefficient (Wildman–Crippen LogP) is 0.716. The van der Waals surface area contributed by atoms with E-state index in [0.29, 0.717) is 0 Å². The minimum absolute atomic E-state index is 0.149. The van der Waals surface area contributed by atoms with Gasteiger partial charge in [-0.15, -0.1) is 0 Å². The van der Waals surface area contributed by atoms with Gasteiger partial charge in [0.15, 0.2) is 5.79 Å². The van der Waals surface area contributed by atoms with Gasteiger partial charge in [0.25, 0.3) is 5.69 Å². The lowest BCUT2D eigenvalue weighted by Gasteiger charge is -2.49. The van der Waals surface area contributed by atoms with Gasteiger partial charge in [-0.1, -0.05) is 6.07 Å². The molecule has 10 heteroatoms. The van der Waals surface area contributed by atoms with E-state index in [4.69, 9.17) is 18.9 Å². The van der Waals surface area contributed by atoms with Crippen molar-refractivity contribution >= 4 is 11.6 Å². The van der Waals surface area contributed by atoms with Crippen molar-refractivity contribution in [3.63, 3.8) is 0 Å². The van der Waals surface area contributed by atoms with E-state index < -0.39 is 41.4 Å². The van der Waals surface area contributed by atoms with E-state index in [2.05, 4.69) is 5.32 Å². The van der Waals surface area contributed by atoms with Crippen molar-refractivity contribution in [2.45, 2.75) is 57.2 Å². The van der Waals surface area contributed by atoms with Crippen LogP contribution in [0.2, 0.25) is 0 Å². The Labute approximate surface area is 155 Å². The molecule has 3 rings (SSSR count). The Kier molecular flexibility index (Phi) is 5.33. The lowest BCUT2D eigenvalue weighted by molar-refractivity contribution is -0.385. The number of carbonyl (C=O) groups is 1. The van der Waals surface area contributed by atoms with Crippen LogP contribution in [0.15, 0.2) is 24.3 Å². The Morgan fingerprint density at radius 3 is 2.85 bits per heavy atom. The van der Waals surface area contributed by atoms with Crippen molar-refractivity contribution in [2.75, 3.05) is 6.61 Å². The van der Waals surface area contributed by atoms with Crippen LogP contribution in [0.5, 0.6) is 5.75 Å². The third-order valence-corrected chi connectivity index (χ3v) is 4.34. The van der Waals surface area contributed by atoms with Gasteiger partial charge < -0.3 is 29.4 Å². The van der Waals surface area contributed by atoms with Crippen LogP contribution in [-0.4, -0.2) is 59.0 Å². The Balaban J connectivity index is 1.83. The first-order chi connectivity index (χ1) is 12.7. The molecular formula is C17H22N2O8. The number of amides is 1. The van der Waals surface area contributed by atoms with Crippen LogP contribution in [0, 0.1) is 10.1 Å². The summed E-state index contributed by atoms with van der Waals surface area (Å²) in [6, 6.07) is 4.63. The van der Waals surface area contributed by atoms with Crippen LogP contribution >= 0.6 is 0 Å². The monoisotopic (exact) mass is 382 g/mol. The van der Waals surface area contributed by atoms with Crippen LogP contribution in [0.3, 0.4) is 0 Å². The Hall–Kier alpha value is -2.27. The average Bonchev–Trinajstić information content (AvgIpc) is 2.59. The summed E-state index contributed by atoms with van der Waals surface area (Å²) in [6.07, 6.45) is -3.56. The van der Waals surface area contributed by atoms with Crippen molar-refractivity contribution in [3.8, 4) is 5.75 Å². The zero-order chi connectivity index (χ0) is 19.8. The van der Waals surface area contributed by atoms with E-state index in [1.54, 1.807) is 13.8 Å². The van der Waals surface area contributed by atoms with Gasteiger partial charge in [-0.3, -0.25) is 14.9 Å². The Morgan fingerprint density at radius 1 is 1.44 bits per heavy atom. The lowest BCUT2D eigenvalue weighted by atomic mass is 9.95. The van der Waals surface area contributed by atoms with Crippen molar-refractivity contribution in [2.24, 2.45) is 0 Å². The quantitative estimate of drug-likeness (QED) is 0.575. The highest BCUT2D eigenvalue weighted by Crippen LogP contribution is 2.33. The van der Waals surface area contributed by atoms with Crippen molar-refractivity contribution < 1.29 is 33.8 Å². The molecule has 2 N–H and O–H groups in total. The molecule has 0 aliphatic carbocycles. The van der Waals surface area contributed by atoms with Crippen LogP contribution in [0.4, 0.5) is 5.69 Å². The summed E-state index contributed by atoms with van der Waals surface area (Å²) in [5.74, 6) is -1.12. The summed E-state index contributed by atoms with van der Waals surface area (Å²) < 4.78 is 22.9. The van der Waals surface area contributed by atoms with Gasteiger partial charge in [-0.05, 0) is 19.9 Å². The molecule has 0 spiro atoms. The molecule has 0 saturated carbocycles. The van der Waals surface area contributed by atoms with E-state index in [9.17, 15) is 20.0 Å². The smallest absolute Gasteiger partial charge is 0.273 e. The number of rotatable bonds is 4. The van der Waals surface area contributed by atoms with E-state index in [1.807, 2.05) is 0 Å². The number of benzene rings is 1. The van der Waals surface area contributed by atoms with Crippen LogP contribution in [0.25, 0.3) is 0 Å². The number of nitro groups is 1. The number of fused-ring (bicyclic) bond motifs is 1. The van der Waals surface area contributed by atoms with E-state index >= 15 is 0 Å². The highest BCUT2D eigenvalue weighted by molar-refractivity contribution is 5.73. The topological polar surface area (TPSA) is 129 Å². The second kappa shape index (κ2) is 7.39. The predicted molar refractivity (Wildman–Crippen MR) is 90.9 cm³/mol. The second-order valence-electron chi connectivity index (χ2n) is 6.93. The minimum Gasteiger partial charge on any atom is -0.462 e. The Bertz CT molecular complexity index is 725. The number of aliphatic hydroxyl groups excluding tert-OH is 1. The van der Waals surface area contributed by atoms with Gasteiger partial charge in [0, 0.05) is 13.0 Å². The summed E-state index contributed by atoms with van der Waals surface area (Å²) in [5.41, 5.74) is -0.149. The van der Waals surface area contributed by atoms with E-state index in [1.165, 1.54) is 31.2 Å². The zero-order valence-electron chi connectivity index (χ0n) is 15.2. The van der Waals surface area contributed by atoms with Crippen molar-refractivity contribution in [1.29, 1.82) is 0 Å². The molecule has 2 aliphatic rings. The van der Waals surface area contributed by atoms with Crippen molar-refractivity contribution in [3.05, 3.63) is 34.4 Å². The maximum Gasteiger partial charge on any atom is 0.273 e. The molecule has 2 aliphatic heterocycles. The number of ether oxygens (including phenoxy) is 4. The van der Waals surface area contributed by atoms with Gasteiger partial charge in [0.2, 0.25) is 12.2 Å². The molecule has 0 aromatic heterocycles. The Morgan fingerprint density at radius 2 is 2.19 bits per heavy atom. The highest BCUT2D eigenvalue weighted by atomic mass is 16.8. The maximum atomic E-state index is 11.6. The van der Waals surface area contributed by atoms with Gasteiger partial charge in [-0.2, -0.15) is 0 Å². The van der Waals surface area contributed by atoms with E-state index in [-0.39, 0.29) is 24.0 Å². The third-order valence-electron chi connectivity index (χ3n) is 4.34. The number of nitrogens with one attached hydrogen (secondary N) is 1. The van der Waals surface area contributed by atoms with Crippen LogP contribution < -0.4 is 10.1 Å².